The summed E-state index contributed by atoms with van der Waals surface area (Å²) in [6, 6.07) is 19.6. The Morgan fingerprint density at radius 1 is 0.944 bits per heavy atom. The van der Waals surface area contributed by atoms with E-state index in [1.54, 1.807) is 5.01 Å². The molecule has 4 nitrogen and oxygen atoms in total. The highest BCUT2D eigenvalue weighted by Crippen LogP contribution is 2.07. The van der Waals surface area contributed by atoms with Crippen molar-refractivity contribution in [3.05, 3.63) is 71.8 Å². The Kier molecular flexibility index (Phi) is 3.94. The molecule has 0 fully saturated rings. The normalized spacial score (nSPS) is 11.3. The molecule has 0 atom stereocenters. The number of rotatable bonds is 3. The summed E-state index contributed by atoms with van der Waals surface area (Å²) in [5.41, 5.74) is 2.01. The van der Waals surface area contributed by atoms with E-state index in [2.05, 4.69) is 5.10 Å². The maximum atomic E-state index is 6.02. The van der Waals surface area contributed by atoms with E-state index in [1.165, 1.54) is 0 Å². The SMILES string of the molecule is NN=C(c1ccccc1)N(N)Cc1ccccc1. The molecule has 0 aliphatic rings. The zero-order chi connectivity index (χ0) is 12.8. The Balaban J connectivity index is 2.15. The van der Waals surface area contributed by atoms with Gasteiger partial charge in [-0.15, -0.1) is 0 Å². The molecule has 0 saturated heterocycles. The van der Waals surface area contributed by atoms with Crippen molar-refractivity contribution in [3.63, 3.8) is 0 Å². The second-order valence-corrected chi connectivity index (χ2v) is 3.93. The van der Waals surface area contributed by atoms with Crippen LogP contribution >= 0.6 is 0 Å². The van der Waals surface area contributed by atoms with Crippen LogP contribution in [0.15, 0.2) is 65.8 Å². The minimum Gasteiger partial charge on any atom is -0.321 e. The van der Waals surface area contributed by atoms with Gasteiger partial charge < -0.3 is 5.84 Å². The van der Waals surface area contributed by atoms with Crippen LogP contribution in [0.25, 0.3) is 0 Å². The number of amidine groups is 1. The molecular weight excluding hydrogens is 224 g/mol. The van der Waals surface area contributed by atoms with Crippen LogP contribution in [-0.2, 0) is 6.54 Å². The third-order valence-electron chi connectivity index (χ3n) is 2.62. The first-order valence-corrected chi connectivity index (χ1v) is 5.70. The van der Waals surface area contributed by atoms with E-state index in [9.17, 15) is 0 Å². The summed E-state index contributed by atoms with van der Waals surface area (Å²) in [6.45, 7) is 0.561. The van der Waals surface area contributed by atoms with Crippen molar-refractivity contribution >= 4 is 5.84 Å². The summed E-state index contributed by atoms with van der Waals surface area (Å²) >= 11 is 0. The van der Waals surface area contributed by atoms with Gasteiger partial charge >= 0.3 is 0 Å². The van der Waals surface area contributed by atoms with Crippen LogP contribution in [0.1, 0.15) is 11.1 Å². The van der Waals surface area contributed by atoms with E-state index in [1.807, 2.05) is 60.7 Å². The van der Waals surface area contributed by atoms with Crippen molar-refractivity contribution in [2.24, 2.45) is 16.8 Å². The smallest absolute Gasteiger partial charge is 0.169 e. The number of nitrogens with two attached hydrogens (primary N) is 2. The number of nitrogens with zero attached hydrogens (tertiary/aromatic N) is 2. The first kappa shape index (κ1) is 12.1. The summed E-state index contributed by atoms with van der Waals surface area (Å²) in [5, 5.41) is 5.32. The molecule has 0 aromatic heterocycles. The molecule has 18 heavy (non-hydrogen) atoms. The molecule has 0 bridgehead atoms. The maximum Gasteiger partial charge on any atom is 0.169 e. The van der Waals surface area contributed by atoms with Crippen molar-refractivity contribution in [1.29, 1.82) is 0 Å². The summed E-state index contributed by atoms with van der Waals surface area (Å²) < 4.78 is 0. The van der Waals surface area contributed by atoms with E-state index < -0.39 is 0 Å². The van der Waals surface area contributed by atoms with Gasteiger partial charge in [-0.2, -0.15) is 5.10 Å². The first-order valence-electron chi connectivity index (χ1n) is 5.70. The largest absolute Gasteiger partial charge is 0.321 e. The van der Waals surface area contributed by atoms with Gasteiger partial charge in [-0.3, -0.25) is 5.01 Å². The second kappa shape index (κ2) is 5.84. The Morgan fingerprint density at radius 2 is 1.50 bits per heavy atom. The summed E-state index contributed by atoms with van der Waals surface area (Å²) in [7, 11) is 0. The zero-order valence-electron chi connectivity index (χ0n) is 10.0. The molecule has 0 amide bonds. The van der Waals surface area contributed by atoms with E-state index in [-0.39, 0.29) is 0 Å². The lowest BCUT2D eigenvalue weighted by Gasteiger charge is -2.20. The first-order chi connectivity index (χ1) is 8.81. The van der Waals surface area contributed by atoms with Gasteiger partial charge in [0.05, 0.1) is 6.54 Å². The lowest BCUT2D eigenvalue weighted by atomic mass is 10.2. The predicted octanol–water partition coefficient (Wildman–Crippen LogP) is 1.68. The molecule has 0 heterocycles. The van der Waals surface area contributed by atoms with Crippen LogP contribution in [0.3, 0.4) is 0 Å². The molecule has 0 radical (unpaired) electrons. The van der Waals surface area contributed by atoms with Crippen LogP contribution in [-0.4, -0.2) is 10.8 Å². The summed E-state index contributed by atoms with van der Waals surface area (Å²) in [4.78, 5) is 0. The average Bonchev–Trinajstić information content (AvgIpc) is 2.42. The molecule has 92 valence electrons. The molecule has 0 aliphatic heterocycles. The number of hydrogen-bond acceptors (Lipinski definition) is 3. The fourth-order valence-corrected chi connectivity index (χ4v) is 1.76. The fraction of sp³-hybridized carbons (Fsp3) is 0.0714. The third kappa shape index (κ3) is 2.87. The molecule has 0 saturated carbocycles. The van der Waals surface area contributed by atoms with Crippen LogP contribution in [0, 0.1) is 0 Å². The lowest BCUT2D eigenvalue weighted by molar-refractivity contribution is 0.433. The molecule has 4 heteroatoms. The Bertz CT molecular complexity index is 508. The summed E-state index contributed by atoms with van der Waals surface area (Å²) in [6.07, 6.45) is 0. The highest BCUT2D eigenvalue weighted by molar-refractivity contribution is 5.98. The number of benzene rings is 2. The summed E-state index contributed by atoms with van der Waals surface area (Å²) in [5.74, 6) is 12.0. The van der Waals surface area contributed by atoms with E-state index >= 15 is 0 Å². The minimum absolute atomic E-state index is 0.561. The van der Waals surface area contributed by atoms with Gasteiger partial charge in [0.2, 0.25) is 0 Å². The van der Waals surface area contributed by atoms with Gasteiger partial charge in [0.25, 0.3) is 0 Å². The molecule has 0 unspecified atom stereocenters. The second-order valence-electron chi connectivity index (χ2n) is 3.93. The molecular formula is C14H16N4. The number of hydrazone groups is 1. The highest BCUT2D eigenvalue weighted by atomic mass is 15.4. The van der Waals surface area contributed by atoms with Crippen LogP contribution in [0.4, 0.5) is 0 Å². The Labute approximate surface area is 106 Å². The van der Waals surface area contributed by atoms with Crippen molar-refractivity contribution in [2.75, 3.05) is 0 Å². The number of hydrazine groups is 1. The fourth-order valence-electron chi connectivity index (χ4n) is 1.76. The van der Waals surface area contributed by atoms with Crippen molar-refractivity contribution in [1.82, 2.24) is 5.01 Å². The van der Waals surface area contributed by atoms with Crippen LogP contribution in [0.5, 0.6) is 0 Å². The van der Waals surface area contributed by atoms with Crippen molar-refractivity contribution < 1.29 is 0 Å². The quantitative estimate of drug-likeness (QED) is 0.371. The van der Waals surface area contributed by atoms with E-state index in [4.69, 9.17) is 11.7 Å². The monoisotopic (exact) mass is 240 g/mol. The zero-order valence-corrected chi connectivity index (χ0v) is 10.0. The van der Waals surface area contributed by atoms with Crippen LogP contribution in [0.2, 0.25) is 0 Å². The molecule has 0 aliphatic carbocycles. The topological polar surface area (TPSA) is 67.6 Å². The molecule has 2 aromatic carbocycles. The van der Waals surface area contributed by atoms with Crippen molar-refractivity contribution in [3.8, 4) is 0 Å². The molecule has 0 spiro atoms. The van der Waals surface area contributed by atoms with E-state index in [0.29, 0.717) is 12.4 Å². The molecule has 2 aromatic rings. The number of hydrogen-bond donors (Lipinski definition) is 2. The van der Waals surface area contributed by atoms with Crippen molar-refractivity contribution in [2.45, 2.75) is 6.54 Å². The third-order valence-corrected chi connectivity index (χ3v) is 2.62. The highest BCUT2D eigenvalue weighted by Gasteiger charge is 2.09. The van der Waals surface area contributed by atoms with Gasteiger partial charge in [0.1, 0.15) is 0 Å². The van der Waals surface area contributed by atoms with Gasteiger partial charge in [-0.1, -0.05) is 60.7 Å². The molecule has 2 rings (SSSR count). The Hall–Kier alpha value is -2.33. The van der Waals surface area contributed by atoms with E-state index in [0.717, 1.165) is 11.1 Å². The minimum atomic E-state index is 0.561. The maximum absolute atomic E-state index is 6.02. The Morgan fingerprint density at radius 3 is 2.06 bits per heavy atom. The van der Waals surface area contributed by atoms with Crippen LogP contribution < -0.4 is 11.7 Å². The van der Waals surface area contributed by atoms with Gasteiger partial charge in [0.15, 0.2) is 5.84 Å². The van der Waals surface area contributed by atoms with Gasteiger partial charge in [-0.25, -0.2) is 5.84 Å². The molecule has 4 N–H and O–H groups in total. The van der Waals surface area contributed by atoms with Gasteiger partial charge in [-0.05, 0) is 5.56 Å². The average molecular weight is 240 g/mol. The predicted molar refractivity (Wildman–Crippen MR) is 73.3 cm³/mol. The lowest BCUT2D eigenvalue weighted by Crippen LogP contribution is -2.38. The van der Waals surface area contributed by atoms with Gasteiger partial charge in [0, 0.05) is 5.56 Å². The standard InChI is InChI=1S/C14H16N4/c15-17-14(13-9-5-2-6-10-13)18(16)11-12-7-3-1-4-8-12/h1-10H,11,15-16H2.